The molecule has 0 saturated carbocycles. The van der Waals surface area contributed by atoms with Gasteiger partial charge in [0.2, 0.25) is 0 Å². The summed E-state index contributed by atoms with van der Waals surface area (Å²) in [5.74, 6) is 0.0669. The number of rotatable bonds is 2. The van der Waals surface area contributed by atoms with Gasteiger partial charge in [0.15, 0.2) is 11.5 Å². The Balaban J connectivity index is 2.30. The lowest BCUT2D eigenvalue weighted by atomic mass is 9.99. The molecule has 2 aromatic carbocycles. The number of hydrogen-bond acceptors (Lipinski definition) is 3. The van der Waals surface area contributed by atoms with Crippen LogP contribution < -0.4 is 0 Å². The number of aromatic hydroxyl groups is 3. The van der Waals surface area contributed by atoms with Gasteiger partial charge in [-0.15, -0.1) is 0 Å². The van der Waals surface area contributed by atoms with E-state index in [1.807, 2.05) is 12.1 Å². The second-order valence-electron chi connectivity index (χ2n) is 4.06. The van der Waals surface area contributed by atoms with E-state index in [1.165, 1.54) is 6.07 Å². The highest BCUT2D eigenvalue weighted by atomic mass is 16.3. The molecule has 88 valence electrons. The molecule has 0 saturated heterocycles. The predicted molar refractivity (Wildman–Crippen MR) is 65.4 cm³/mol. The van der Waals surface area contributed by atoms with Crippen LogP contribution in [-0.2, 0) is 6.42 Å². The van der Waals surface area contributed by atoms with E-state index in [0.29, 0.717) is 12.0 Å². The molecule has 0 amide bonds. The lowest BCUT2D eigenvalue weighted by Gasteiger charge is -2.09. The van der Waals surface area contributed by atoms with Crippen molar-refractivity contribution in [2.75, 3.05) is 0 Å². The molecule has 0 aliphatic rings. The summed E-state index contributed by atoms with van der Waals surface area (Å²) in [4.78, 5) is 0. The van der Waals surface area contributed by atoms with Gasteiger partial charge in [0.1, 0.15) is 5.75 Å². The Labute approximate surface area is 99.6 Å². The van der Waals surface area contributed by atoms with E-state index in [-0.39, 0.29) is 17.2 Å². The third kappa shape index (κ3) is 2.33. The van der Waals surface area contributed by atoms with Crippen LogP contribution in [-0.4, -0.2) is 15.3 Å². The predicted octanol–water partition coefficient (Wildman–Crippen LogP) is 2.70. The topological polar surface area (TPSA) is 60.7 Å². The summed E-state index contributed by atoms with van der Waals surface area (Å²) in [7, 11) is 0. The molecule has 3 N–H and O–H groups in total. The van der Waals surface area contributed by atoms with Crippen LogP contribution in [0.2, 0.25) is 0 Å². The SMILES string of the molecule is Cc1c(Cc2ccc(O)cc2)ccc(O)c1O. The molecule has 0 atom stereocenters. The zero-order valence-corrected chi connectivity index (χ0v) is 9.51. The van der Waals surface area contributed by atoms with Crippen molar-refractivity contribution in [2.24, 2.45) is 0 Å². The minimum atomic E-state index is -0.100. The first-order valence-electron chi connectivity index (χ1n) is 5.36. The normalized spacial score (nSPS) is 10.4. The standard InChI is InChI=1S/C14H14O3/c1-9-11(4-7-13(16)14(9)17)8-10-2-5-12(15)6-3-10/h2-7,15-17H,8H2,1H3. The maximum atomic E-state index is 9.62. The van der Waals surface area contributed by atoms with Gasteiger partial charge in [-0.3, -0.25) is 0 Å². The second kappa shape index (κ2) is 4.37. The molecular weight excluding hydrogens is 216 g/mol. The third-order valence-electron chi connectivity index (χ3n) is 2.85. The molecule has 2 aromatic rings. The Kier molecular flexibility index (Phi) is 2.91. The van der Waals surface area contributed by atoms with Crippen molar-refractivity contribution in [2.45, 2.75) is 13.3 Å². The quantitative estimate of drug-likeness (QED) is 0.695. The van der Waals surface area contributed by atoms with Crippen molar-refractivity contribution in [3.05, 3.63) is 53.1 Å². The van der Waals surface area contributed by atoms with Crippen molar-refractivity contribution in [3.63, 3.8) is 0 Å². The molecule has 0 radical (unpaired) electrons. The molecule has 0 aliphatic carbocycles. The summed E-state index contributed by atoms with van der Waals surface area (Å²) in [6.45, 7) is 1.77. The van der Waals surface area contributed by atoms with E-state index >= 15 is 0 Å². The molecule has 0 bridgehead atoms. The van der Waals surface area contributed by atoms with Gasteiger partial charge in [0.05, 0.1) is 0 Å². The van der Waals surface area contributed by atoms with Gasteiger partial charge in [-0.25, -0.2) is 0 Å². The molecule has 0 unspecified atom stereocenters. The van der Waals surface area contributed by atoms with Gasteiger partial charge in [-0.05, 0) is 48.2 Å². The van der Waals surface area contributed by atoms with E-state index < -0.39 is 0 Å². The molecular formula is C14H14O3. The minimum Gasteiger partial charge on any atom is -0.508 e. The first kappa shape index (κ1) is 11.3. The summed E-state index contributed by atoms with van der Waals surface area (Å²) in [5, 5.41) is 28.1. The lowest BCUT2D eigenvalue weighted by Crippen LogP contribution is -1.92. The fourth-order valence-electron chi connectivity index (χ4n) is 1.75. The summed E-state index contributed by atoms with van der Waals surface area (Å²) in [5.41, 5.74) is 2.67. The molecule has 0 spiro atoms. The van der Waals surface area contributed by atoms with Crippen LogP contribution in [0.1, 0.15) is 16.7 Å². The fourth-order valence-corrected chi connectivity index (χ4v) is 1.75. The average Bonchev–Trinajstić information content (AvgIpc) is 2.33. The van der Waals surface area contributed by atoms with Crippen molar-refractivity contribution in [1.82, 2.24) is 0 Å². The van der Waals surface area contributed by atoms with Gasteiger partial charge in [0.25, 0.3) is 0 Å². The highest BCUT2D eigenvalue weighted by Crippen LogP contribution is 2.31. The first-order chi connectivity index (χ1) is 8.08. The van der Waals surface area contributed by atoms with Gasteiger partial charge in [-0.2, -0.15) is 0 Å². The molecule has 3 nitrogen and oxygen atoms in total. The Morgan fingerprint density at radius 1 is 0.882 bits per heavy atom. The van der Waals surface area contributed by atoms with E-state index in [0.717, 1.165) is 11.1 Å². The second-order valence-corrected chi connectivity index (χ2v) is 4.06. The van der Waals surface area contributed by atoms with E-state index in [4.69, 9.17) is 0 Å². The Morgan fingerprint density at radius 3 is 2.18 bits per heavy atom. The van der Waals surface area contributed by atoms with Crippen molar-refractivity contribution >= 4 is 0 Å². The van der Waals surface area contributed by atoms with Crippen LogP contribution in [0.3, 0.4) is 0 Å². The summed E-state index contributed by atoms with van der Waals surface area (Å²) in [6.07, 6.45) is 0.653. The number of phenolic OH excluding ortho intramolecular Hbond substituents is 3. The van der Waals surface area contributed by atoms with Crippen molar-refractivity contribution in [1.29, 1.82) is 0 Å². The van der Waals surface area contributed by atoms with Crippen molar-refractivity contribution < 1.29 is 15.3 Å². The summed E-state index contributed by atoms with van der Waals surface area (Å²) in [6, 6.07) is 10.2. The van der Waals surface area contributed by atoms with E-state index in [2.05, 4.69) is 0 Å². The largest absolute Gasteiger partial charge is 0.508 e. The van der Waals surface area contributed by atoms with Crippen molar-refractivity contribution in [3.8, 4) is 17.2 Å². The Morgan fingerprint density at radius 2 is 1.53 bits per heavy atom. The van der Waals surface area contributed by atoms with Crippen LogP contribution in [0.5, 0.6) is 17.2 Å². The fraction of sp³-hybridized carbons (Fsp3) is 0.143. The number of benzene rings is 2. The van der Waals surface area contributed by atoms with Gasteiger partial charge in [0, 0.05) is 0 Å². The third-order valence-corrected chi connectivity index (χ3v) is 2.85. The summed E-state index contributed by atoms with van der Waals surface area (Å²) < 4.78 is 0. The molecule has 2 rings (SSSR count). The van der Waals surface area contributed by atoms with Gasteiger partial charge < -0.3 is 15.3 Å². The molecule has 0 heterocycles. The zero-order chi connectivity index (χ0) is 12.4. The Bertz CT molecular complexity index is 530. The van der Waals surface area contributed by atoms with E-state index in [1.54, 1.807) is 25.1 Å². The monoisotopic (exact) mass is 230 g/mol. The van der Waals surface area contributed by atoms with Crippen LogP contribution in [0.4, 0.5) is 0 Å². The average molecular weight is 230 g/mol. The smallest absolute Gasteiger partial charge is 0.160 e. The van der Waals surface area contributed by atoms with Crippen LogP contribution in [0, 0.1) is 6.92 Å². The highest BCUT2D eigenvalue weighted by Gasteiger charge is 2.08. The molecule has 0 aliphatic heterocycles. The number of phenols is 3. The van der Waals surface area contributed by atoms with Crippen LogP contribution >= 0.6 is 0 Å². The first-order valence-corrected chi connectivity index (χ1v) is 5.36. The zero-order valence-electron chi connectivity index (χ0n) is 9.51. The highest BCUT2D eigenvalue weighted by molar-refractivity contribution is 5.49. The lowest BCUT2D eigenvalue weighted by molar-refractivity contribution is 0.400. The minimum absolute atomic E-state index is 0.0683. The maximum absolute atomic E-state index is 9.62. The van der Waals surface area contributed by atoms with Crippen LogP contribution in [0.25, 0.3) is 0 Å². The molecule has 0 aromatic heterocycles. The molecule has 3 heteroatoms. The molecule has 17 heavy (non-hydrogen) atoms. The van der Waals surface area contributed by atoms with E-state index in [9.17, 15) is 15.3 Å². The maximum Gasteiger partial charge on any atom is 0.160 e. The Hall–Kier alpha value is -2.16. The van der Waals surface area contributed by atoms with Crippen LogP contribution in [0.15, 0.2) is 36.4 Å². The number of hydrogen-bond donors (Lipinski definition) is 3. The summed E-state index contributed by atoms with van der Waals surface area (Å²) >= 11 is 0. The van der Waals surface area contributed by atoms with Gasteiger partial charge in [-0.1, -0.05) is 18.2 Å². The molecule has 0 fully saturated rings. The van der Waals surface area contributed by atoms with Gasteiger partial charge >= 0.3 is 0 Å².